The van der Waals surface area contributed by atoms with Gasteiger partial charge in [0, 0.05) is 18.6 Å². The minimum absolute atomic E-state index is 0.112. The van der Waals surface area contributed by atoms with Crippen molar-refractivity contribution in [3.8, 4) is 0 Å². The van der Waals surface area contributed by atoms with E-state index in [0.717, 1.165) is 26.1 Å². The van der Waals surface area contributed by atoms with E-state index < -0.39 is 10.0 Å². The highest BCUT2D eigenvalue weighted by Gasteiger charge is 2.24. The van der Waals surface area contributed by atoms with Crippen LogP contribution in [0.15, 0.2) is 0 Å². The van der Waals surface area contributed by atoms with E-state index in [2.05, 4.69) is 14.9 Å². The molecule has 5 nitrogen and oxygen atoms in total. The second kappa shape index (κ2) is 5.65. The molecule has 1 unspecified atom stereocenters. The maximum absolute atomic E-state index is 11.8. The first kappa shape index (κ1) is 13.3. The van der Waals surface area contributed by atoms with Gasteiger partial charge in [0.2, 0.25) is 10.0 Å². The Kier molecular flexibility index (Phi) is 4.41. The standard InChI is InChI=1S/C11H23N3O2S/c1-14-7-5-11(9-14)13-17(15,16)8-2-6-12-10-3-4-10/h10-13H,2-9H2,1H3. The summed E-state index contributed by atoms with van der Waals surface area (Å²) < 4.78 is 26.4. The van der Waals surface area contributed by atoms with Crippen LogP contribution in [0.1, 0.15) is 25.7 Å². The first-order chi connectivity index (χ1) is 8.05. The van der Waals surface area contributed by atoms with Gasteiger partial charge in [-0.15, -0.1) is 0 Å². The Morgan fingerprint density at radius 2 is 2.00 bits per heavy atom. The number of hydrogen-bond acceptors (Lipinski definition) is 4. The Morgan fingerprint density at radius 3 is 2.59 bits per heavy atom. The summed E-state index contributed by atoms with van der Waals surface area (Å²) >= 11 is 0. The summed E-state index contributed by atoms with van der Waals surface area (Å²) in [6.07, 6.45) is 4.13. The molecule has 2 N–H and O–H groups in total. The predicted molar refractivity (Wildman–Crippen MR) is 68.5 cm³/mol. The fourth-order valence-electron chi connectivity index (χ4n) is 2.20. The van der Waals surface area contributed by atoms with Crippen LogP contribution in [0.25, 0.3) is 0 Å². The summed E-state index contributed by atoms with van der Waals surface area (Å²) in [6, 6.07) is 0.774. The van der Waals surface area contributed by atoms with Crippen molar-refractivity contribution in [2.75, 3.05) is 32.4 Å². The van der Waals surface area contributed by atoms with Gasteiger partial charge in [-0.05, 0) is 45.8 Å². The van der Waals surface area contributed by atoms with Gasteiger partial charge < -0.3 is 10.2 Å². The van der Waals surface area contributed by atoms with Crippen LogP contribution in [0.4, 0.5) is 0 Å². The lowest BCUT2D eigenvalue weighted by Crippen LogP contribution is -2.38. The Hall–Kier alpha value is -0.170. The van der Waals surface area contributed by atoms with E-state index in [4.69, 9.17) is 0 Å². The molecule has 2 fully saturated rings. The number of rotatable bonds is 7. The third kappa shape index (κ3) is 4.91. The average molecular weight is 261 g/mol. The summed E-state index contributed by atoms with van der Waals surface area (Å²) in [7, 11) is -1.06. The summed E-state index contributed by atoms with van der Waals surface area (Å²) in [5.74, 6) is 0.243. The molecule has 0 amide bonds. The first-order valence-electron chi connectivity index (χ1n) is 6.47. The molecule has 0 aromatic rings. The second-order valence-corrected chi connectivity index (χ2v) is 7.14. The zero-order valence-corrected chi connectivity index (χ0v) is 11.3. The van der Waals surface area contributed by atoms with Gasteiger partial charge in [0.15, 0.2) is 0 Å². The molecule has 0 radical (unpaired) electrons. The molecule has 0 bridgehead atoms. The Bertz CT molecular complexity index is 341. The molecule has 0 spiro atoms. The minimum atomic E-state index is -3.08. The minimum Gasteiger partial charge on any atom is -0.314 e. The molecule has 1 heterocycles. The summed E-state index contributed by atoms with van der Waals surface area (Å²) in [4.78, 5) is 2.15. The van der Waals surface area contributed by atoms with Gasteiger partial charge in [-0.2, -0.15) is 0 Å². The van der Waals surface area contributed by atoms with Crippen molar-refractivity contribution in [2.45, 2.75) is 37.8 Å². The Balaban J connectivity index is 1.63. The van der Waals surface area contributed by atoms with E-state index in [0.29, 0.717) is 12.5 Å². The van der Waals surface area contributed by atoms with Crippen molar-refractivity contribution in [1.82, 2.24) is 14.9 Å². The molecule has 1 atom stereocenters. The van der Waals surface area contributed by atoms with E-state index in [1.54, 1.807) is 0 Å². The van der Waals surface area contributed by atoms with Crippen molar-refractivity contribution < 1.29 is 8.42 Å². The molecular weight excluding hydrogens is 238 g/mol. The lowest BCUT2D eigenvalue weighted by molar-refractivity contribution is 0.407. The summed E-state index contributed by atoms with van der Waals surface area (Å²) in [5, 5.41) is 3.33. The normalized spacial score (nSPS) is 26.5. The second-order valence-electron chi connectivity index (χ2n) is 5.27. The molecule has 1 aliphatic heterocycles. The molecular formula is C11H23N3O2S. The zero-order chi connectivity index (χ0) is 12.3. The quantitative estimate of drug-likeness (QED) is 0.621. The fourth-order valence-corrected chi connectivity index (χ4v) is 3.54. The van der Waals surface area contributed by atoms with Crippen LogP contribution in [0.5, 0.6) is 0 Å². The molecule has 1 saturated carbocycles. The van der Waals surface area contributed by atoms with Crippen molar-refractivity contribution >= 4 is 10.0 Å². The molecule has 1 aliphatic carbocycles. The Labute approximate surface area is 104 Å². The van der Waals surface area contributed by atoms with Gasteiger partial charge >= 0.3 is 0 Å². The molecule has 17 heavy (non-hydrogen) atoms. The largest absolute Gasteiger partial charge is 0.314 e. The molecule has 2 rings (SSSR count). The highest BCUT2D eigenvalue weighted by atomic mass is 32.2. The van der Waals surface area contributed by atoms with Crippen LogP contribution in [-0.4, -0.2) is 57.8 Å². The zero-order valence-electron chi connectivity index (χ0n) is 10.5. The highest BCUT2D eigenvalue weighted by molar-refractivity contribution is 7.89. The maximum atomic E-state index is 11.8. The smallest absolute Gasteiger partial charge is 0.211 e. The lowest BCUT2D eigenvalue weighted by Gasteiger charge is -2.13. The summed E-state index contributed by atoms with van der Waals surface area (Å²) in [6.45, 7) is 2.63. The SMILES string of the molecule is CN1CCC(NS(=O)(=O)CCCNC2CC2)C1. The van der Waals surface area contributed by atoms with E-state index in [1.807, 2.05) is 7.05 Å². The molecule has 100 valence electrons. The van der Waals surface area contributed by atoms with Gasteiger partial charge in [-0.25, -0.2) is 13.1 Å². The van der Waals surface area contributed by atoms with Crippen LogP contribution in [0, 0.1) is 0 Å². The van der Waals surface area contributed by atoms with Gasteiger partial charge in [0.25, 0.3) is 0 Å². The van der Waals surface area contributed by atoms with Crippen LogP contribution in [0.2, 0.25) is 0 Å². The van der Waals surface area contributed by atoms with Crippen molar-refractivity contribution in [3.05, 3.63) is 0 Å². The fraction of sp³-hybridized carbons (Fsp3) is 1.00. The van der Waals surface area contributed by atoms with Crippen LogP contribution >= 0.6 is 0 Å². The van der Waals surface area contributed by atoms with E-state index >= 15 is 0 Å². The molecule has 0 aromatic carbocycles. The van der Waals surface area contributed by atoms with E-state index in [-0.39, 0.29) is 11.8 Å². The van der Waals surface area contributed by atoms with Gasteiger partial charge in [0.05, 0.1) is 5.75 Å². The number of likely N-dealkylation sites (N-methyl/N-ethyl adjacent to an activating group) is 1. The first-order valence-corrected chi connectivity index (χ1v) is 8.12. The van der Waals surface area contributed by atoms with Crippen LogP contribution < -0.4 is 10.0 Å². The van der Waals surface area contributed by atoms with Gasteiger partial charge in [-0.3, -0.25) is 0 Å². The number of sulfonamides is 1. The van der Waals surface area contributed by atoms with Crippen molar-refractivity contribution in [3.63, 3.8) is 0 Å². The number of hydrogen-bond donors (Lipinski definition) is 2. The van der Waals surface area contributed by atoms with Crippen molar-refractivity contribution in [2.24, 2.45) is 0 Å². The monoisotopic (exact) mass is 261 g/mol. The molecule has 1 saturated heterocycles. The van der Waals surface area contributed by atoms with E-state index in [9.17, 15) is 8.42 Å². The lowest BCUT2D eigenvalue weighted by atomic mass is 10.3. The van der Waals surface area contributed by atoms with Crippen LogP contribution in [-0.2, 0) is 10.0 Å². The maximum Gasteiger partial charge on any atom is 0.211 e. The van der Waals surface area contributed by atoms with Crippen LogP contribution in [0.3, 0.4) is 0 Å². The Morgan fingerprint density at radius 1 is 1.24 bits per heavy atom. The van der Waals surface area contributed by atoms with E-state index in [1.165, 1.54) is 12.8 Å². The number of nitrogens with one attached hydrogen (secondary N) is 2. The molecule has 0 aromatic heterocycles. The topological polar surface area (TPSA) is 61.4 Å². The third-order valence-electron chi connectivity index (χ3n) is 3.34. The highest BCUT2D eigenvalue weighted by Crippen LogP contribution is 2.18. The van der Waals surface area contributed by atoms with Crippen molar-refractivity contribution in [1.29, 1.82) is 0 Å². The predicted octanol–water partition coefficient (Wildman–Crippen LogP) is -0.248. The van der Waals surface area contributed by atoms with Gasteiger partial charge in [0.1, 0.15) is 0 Å². The molecule has 2 aliphatic rings. The van der Waals surface area contributed by atoms with Gasteiger partial charge in [-0.1, -0.05) is 0 Å². The summed E-state index contributed by atoms with van der Waals surface area (Å²) in [5.41, 5.74) is 0. The molecule has 6 heteroatoms. The average Bonchev–Trinajstić information content (AvgIpc) is 2.98. The number of likely N-dealkylation sites (tertiary alicyclic amines) is 1. The third-order valence-corrected chi connectivity index (χ3v) is 4.86. The number of nitrogens with zero attached hydrogens (tertiary/aromatic N) is 1.